The van der Waals surface area contributed by atoms with Gasteiger partial charge in [0.05, 0.1) is 0 Å². The van der Waals surface area contributed by atoms with Crippen LogP contribution in [0.3, 0.4) is 0 Å². The Balaban J connectivity index is 1.86. The Morgan fingerprint density at radius 3 is 2.73 bits per heavy atom. The average Bonchev–Trinajstić information content (AvgIpc) is 2.76. The zero-order valence-corrected chi connectivity index (χ0v) is 15.6. The maximum Gasteiger partial charge on any atom is 0.127 e. The summed E-state index contributed by atoms with van der Waals surface area (Å²) in [6.07, 6.45) is 9.72. The predicted molar refractivity (Wildman–Crippen MR) is 110 cm³/mol. The zero-order valence-electron chi connectivity index (χ0n) is 15.6. The molecule has 2 N–H and O–H groups in total. The van der Waals surface area contributed by atoms with Gasteiger partial charge in [0.2, 0.25) is 0 Å². The van der Waals surface area contributed by atoms with Gasteiger partial charge in [-0.15, -0.1) is 0 Å². The second-order valence-corrected chi connectivity index (χ2v) is 7.42. The second kappa shape index (κ2) is 6.14. The molecule has 0 fully saturated rings. The Hall–Kier alpha value is -2.87. The molecule has 0 bridgehead atoms. The molecule has 0 spiro atoms. The van der Waals surface area contributed by atoms with Crippen molar-refractivity contribution < 1.29 is 0 Å². The first-order valence-corrected chi connectivity index (χ1v) is 9.09. The first-order valence-electron chi connectivity index (χ1n) is 9.09. The Morgan fingerprint density at radius 1 is 1.08 bits per heavy atom. The van der Waals surface area contributed by atoms with Gasteiger partial charge in [0.15, 0.2) is 0 Å². The largest absolute Gasteiger partial charge is 0.383 e. The van der Waals surface area contributed by atoms with E-state index in [0.717, 1.165) is 12.0 Å². The van der Waals surface area contributed by atoms with Gasteiger partial charge in [-0.3, -0.25) is 4.99 Å². The van der Waals surface area contributed by atoms with Gasteiger partial charge < -0.3 is 5.73 Å². The molecule has 2 nitrogen and oxygen atoms in total. The highest BCUT2D eigenvalue weighted by atomic mass is 15.0. The summed E-state index contributed by atoms with van der Waals surface area (Å²) in [5.74, 6) is 0.626. The topological polar surface area (TPSA) is 38.4 Å². The summed E-state index contributed by atoms with van der Waals surface area (Å²) >= 11 is 0. The Morgan fingerprint density at radius 2 is 1.88 bits per heavy atom. The van der Waals surface area contributed by atoms with Crippen LogP contribution in [0.15, 0.2) is 77.3 Å². The van der Waals surface area contributed by atoms with Crippen molar-refractivity contribution in [2.45, 2.75) is 32.7 Å². The molecule has 1 unspecified atom stereocenters. The van der Waals surface area contributed by atoms with Crippen molar-refractivity contribution in [1.29, 1.82) is 0 Å². The van der Waals surface area contributed by atoms with Crippen LogP contribution in [0.1, 0.15) is 48.1 Å². The number of nitrogens with zero attached hydrogens (tertiary/aromatic N) is 1. The minimum absolute atomic E-state index is 0.437. The Labute approximate surface area is 155 Å². The lowest BCUT2D eigenvalue weighted by molar-refractivity contribution is 0.620. The van der Waals surface area contributed by atoms with Gasteiger partial charge >= 0.3 is 0 Å². The molecule has 130 valence electrons. The molecule has 1 aliphatic heterocycles. The fraction of sp³-hybridized carbons (Fsp3) is 0.208. The Bertz CT molecular complexity index is 1000. The van der Waals surface area contributed by atoms with Crippen molar-refractivity contribution in [3.05, 3.63) is 100 Å². The molecule has 2 aromatic carbocycles. The number of hydrogen-bond donors (Lipinski definition) is 1. The molecule has 26 heavy (non-hydrogen) atoms. The smallest absolute Gasteiger partial charge is 0.127 e. The lowest BCUT2D eigenvalue weighted by Gasteiger charge is -2.25. The normalized spacial score (nSPS) is 21.6. The number of benzene rings is 2. The molecule has 0 aromatic heterocycles. The molecule has 1 aliphatic carbocycles. The van der Waals surface area contributed by atoms with Crippen molar-refractivity contribution in [2.24, 2.45) is 10.7 Å². The molecule has 0 amide bonds. The third-order valence-corrected chi connectivity index (χ3v) is 5.32. The van der Waals surface area contributed by atoms with E-state index in [-0.39, 0.29) is 0 Å². The molecule has 4 rings (SSSR count). The molecular weight excluding hydrogens is 316 g/mol. The minimum Gasteiger partial charge on any atom is -0.383 e. The summed E-state index contributed by atoms with van der Waals surface area (Å²) in [5.41, 5.74) is 14.3. The highest BCUT2D eigenvalue weighted by Crippen LogP contribution is 2.41. The van der Waals surface area contributed by atoms with Gasteiger partial charge in [-0.2, -0.15) is 0 Å². The van der Waals surface area contributed by atoms with Crippen molar-refractivity contribution in [3.8, 4) is 0 Å². The highest BCUT2D eigenvalue weighted by Gasteiger charge is 2.36. The van der Waals surface area contributed by atoms with Crippen LogP contribution in [0.2, 0.25) is 0 Å². The van der Waals surface area contributed by atoms with E-state index in [0.29, 0.717) is 5.84 Å². The number of rotatable bonds is 2. The van der Waals surface area contributed by atoms with Crippen LogP contribution in [0.5, 0.6) is 0 Å². The van der Waals surface area contributed by atoms with Crippen LogP contribution in [-0.2, 0) is 5.54 Å². The summed E-state index contributed by atoms with van der Waals surface area (Å²) < 4.78 is 0. The predicted octanol–water partition coefficient (Wildman–Crippen LogP) is 5.27. The van der Waals surface area contributed by atoms with E-state index in [4.69, 9.17) is 10.7 Å². The lowest BCUT2D eigenvalue weighted by atomic mass is 9.82. The summed E-state index contributed by atoms with van der Waals surface area (Å²) in [4.78, 5) is 4.87. The summed E-state index contributed by atoms with van der Waals surface area (Å²) in [6.45, 7) is 6.46. The van der Waals surface area contributed by atoms with Crippen LogP contribution < -0.4 is 5.73 Å². The third-order valence-electron chi connectivity index (χ3n) is 5.32. The quantitative estimate of drug-likeness (QED) is 0.795. The fourth-order valence-electron chi connectivity index (χ4n) is 3.96. The standard InChI is InChI=1S/C24H24N2/c1-16-8-4-5-9-18(12-16)19-13-17(2)14-20(15-19)24(3)22-11-7-6-10-21(22)23(25)26-24/h4-8,10-15H,9H2,1-3H3,(H2,25,26). The van der Waals surface area contributed by atoms with Gasteiger partial charge in [0.1, 0.15) is 11.4 Å². The van der Waals surface area contributed by atoms with Crippen molar-refractivity contribution >= 4 is 11.4 Å². The summed E-state index contributed by atoms with van der Waals surface area (Å²) in [6, 6.07) is 15.1. The van der Waals surface area contributed by atoms with E-state index >= 15 is 0 Å². The molecule has 1 heterocycles. The summed E-state index contributed by atoms with van der Waals surface area (Å²) in [7, 11) is 0. The van der Waals surface area contributed by atoms with E-state index in [1.807, 2.05) is 6.07 Å². The van der Waals surface area contributed by atoms with E-state index in [9.17, 15) is 0 Å². The number of fused-ring (bicyclic) bond motifs is 1. The number of aryl methyl sites for hydroxylation is 1. The van der Waals surface area contributed by atoms with Crippen molar-refractivity contribution in [2.75, 3.05) is 0 Å². The highest BCUT2D eigenvalue weighted by molar-refractivity contribution is 6.02. The molecule has 0 radical (unpaired) electrons. The minimum atomic E-state index is -0.437. The van der Waals surface area contributed by atoms with Crippen LogP contribution in [0, 0.1) is 6.92 Å². The molecule has 0 saturated heterocycles. The first-order chi connectivity index (χ1) is 12.5. The lowest BCUT2D eigenvalue weighted by Crippen LogP contribution is -2.19. The average molecular weight is 340 g/mol. The molecule has 1 atom stereocenters. The fourth-order valence-corrected chi connectivity index (χ4v) is 3.96. The number of allylic oxidation sites excluding steroid dienone is 6. The maximum absolute atomic E-state index is 6.24. The van der Waals surface area contributed by atoms with Crippen molar-refractivity contribution in [3.63, 3.8) is 0 Å². The van der Waals surface area contributed by atoms with Gasteiger partial charge in [-0.1, -0.05) is 71.8 Å². The van der Waals surface area contributed by atoms with Crippen LogP contribution >= 0.6 is 0 Å². The number of aliphatic imine (C=N–C) groups is 1. The van der Waals surface area contributed by atoms with Gasteiger partial charge in [-0.25, -0.2) is 0 Å². The number of nitrogens with two attached hydrogens (primary N) is 1. The number of amidine groups is 1. The van der Waals surface area contributed by atoms with Crippen molar-refractivity contribution in [1.82, 2.24) is 0 Å². The Kier molecular flexibility index (Phi) is 3.91. The SMILES string of the molecule is CC1=CC=CCC(c2cc(C)cc(C3(C)N=C(N)c4ccccc43)c2)=C1. The van der Waals surface area contributed by atoms with Gasteiger partial charge in [-0.05, 0) is 55.5 Å². The molecule has 2 heteroatoms. The zero-order chi connectivity index (χ0) is 18.3. The molecule has 2 aliphatic rings. The van der Waals surface area contributed by atoms with Crippen LogP contribution in [0.25, 0.3) is 5.57 Å². The number of hydrogen-bond acceptors (Lipinski definition) is 2. The van der Waals surface area contributed by atoms with Gasteiger partial charge in [0, 0.05) is 5.56 Å². The maximum atomic E-state index is 6.24. The first kappa shape index (κ1) is 16.6. The van der Waals surface area contributed by atoms with Gasteiger partial charge in [0.25, 0.3) is 0 Å². The molecule has 2 aromatic rings. The monoisotopic (exact) mass is 340 g/mol. The third kappa shape index (κ3) is 2.72. The molecule has 0 saturated carbocycles. The van der Waals surface area contributed by atoms with E-state index in [2.05, 4.69) is 81.5 Å². The van der Waals surface area contributed by atoms with E-state index < -0.39 is 5.54 Å². The van der Waals surface area contributed by atoms with Crippen LogP contribution in [-0.4, -0.2) is 5.84 Å². The van der Waals surface area contributed by atoms with E-state index in [1.54, 1.807) is 0 Å². The summed E-state index contributed by atoms with van der Waals surface area (Å²) in [5, 5.41) is 0. The second-order valence-electron chi connectivity index (χ2n) is 7.42. The van der Waals surface area contributed by atoms with Crippen LogP contribution in [0.4, 0.5) is 0 Å². The molecular formula is C24H24N2. The van der Waals surface area contributed by atoms with E-state index in [1.165, 1.54) is 33.4 Å².